The van der Waals surface area contributed by atoms with Crippen LogP contribution in [-0.4, -0.2) is 22.2 Å². The van der Waals surface area contributed by atoms with Crippen LogP contribution in [0.3, 0.4) is 0 Å². The smallest absolute Gasteiger partial charge is 0.303 e. The van der Waals surface area contributed by atoms with Crippen molar-refractivity contribution in [2.24, 2.45) is 5.92 Å². The zero-order valence-electron chi connectivity index (χ0n) is 12.3. The van der Waals surface area contributed by atoms with Gasteiger partial charge in [0.05, 0.1) is 6.42 Å². The van der Waals surface area contributed by atoms with E-state index in [1.165, 1.54) is 25.7 Å². The lowest BCUT2D eigenvalue weighted by atomic mass is 9.79. The van der Waals surface area contributed by atoms with Crippen molar-refractivity contribution in [3.63, 3.8) is 0 Å². The molecule has 4 heteroatoms. The van der Waals surface area contributed by atoms with Gasteiger partial charge in [0.2, 0.25) is 0 Å². The molecule has 115 valence electrons. The van der Waals surface area contributed by atoms with E-state index in [9.17, 15) is 9.59 Å². The van der Waals surface area contributed by atoms with Gasteiger partial charge in [-0.2, -0.15) is 0 Å². The Morgan fingerprint density at radius 2 is 1.40 bits per heavy atom. The van der Waals surface area contributed by atoms with Gasteiger partial charge in [-0.1, -0.05) is 51.4 Å². The van der Waals surface area contributed by atoms with Crippen molar-refractivity contribution in [2.45, 2.75) is 77.0 Å². The first kappa shape index (κ1) is 17.0. The average Bonchev–Trinajstić information content (AvgIpc) is 2.35. The third-order valence-corrected chi connectivity index (χ3v) is 4.18. The van der Waals surface area contributed by atoms with Crippen LogP contribution in [0.2, 0.25) is 0 Å². The van der Waals surface area contributed by atoms with E-state index in [0.29, 0.717) is 0 Å². The summed E-state index contributed by atoms with van der Waals surface area (Å²) in [6, 6.07) is 0. The second kappa shape index (κ2) is 9.78. The van der Waals surface area contributed by atoms with Crippen molar-refractivity contribution in [1.29, 1.82) is 0 Å². The Hall–Kier alpha value is -1.06. The lowest BCUT2D eigenvalue weighted by molar-refractivity contribution is -0.140. The number of carbonyl (C=O) groups is 2. The van der Waals surface area contributed by atoms with Crippen LogP contribution in [0, 0.1) is 11.8 Å². The standard InChI is InChI=1S/C16H27O4/c17-15(18)11-13-9-7-5-3-1-2-4-6-8-10-14(13)12-16(19)20/h13H,1-12H2,(H,17,18)(H,19,20). The summed E-state index contributed by atoms with van der Waals surface area (Å²) in [7, 11) is 0. The molecule has 1 atom stereocenters. The Bertz CT molecular complexity index is 271. The van der Waals surface area contributed by atoms with Crippen molar-refractivity contribution < 1.29 is 19.8 Å². The van der Waals surface area contributed by atoms with Crippen LogP contribution in [0.4, 0.5) is 0 Å². The Morgan fingerprint density at radius 3 is 1.95 bits per heavy atom. The predicted molar refractivity (Wildman–Crippen MR) is 77.4 cm³/mol. The molecule has 0 heterocycles. The molecule has 1 unspecified atom stereocenters. The third-order valence-electron chi connectivity index (χ3n) is 4.18. The van der Waals surface area contributed by atoms with Gasteiger partial charge in [0.1, 0.15) is 0 Å². The second-order valence-electron chi connectivity index (χ2n) is 5.89. The lowest BCUT2D eigenvalue weighted by Gasteiger charge is -2.25. The minimum atomic E-state index is -0.831. The van der Waals surface area contributed by atoms with Gasteiger partial charge in [-0.15, -0.1) is 0 Å². The van der Waals surface area contributed by atoms with E-state index in [4.69, 9.17) is 10.2 Å². The van der Waals surface area contributed by atoms with Crippen LogP contribution in [0.1, 0.15) is 77.0 Å². The Morgan fingerprint density at radius 1 is 0.850 bits per heavy atom. The van der Waals surface area contributed by atoms with Crippen molar-refractivity contribution in [3.8, 4) is 0 Å². The van der Waals surface area contributed by atoms with Gasteiger partial charge >= 0.3 is 11.9 Å². The zero-order chi connectivity index (χ0) is 14.8. The zero-order valence-corrected chi connectivity index (χ0v) is 12.3. The number of hydrogen-bond acceptors (Lipinski definition) is 2. The first-order valence-corrected chi connectivity index (χ1v) is 7.87. The van der Waals surface area contributed by atoms with E-state index < -0.39 is 11.9 Å². The molecular weight excluding hydrogens is 256 g/mol. The van der Waals surface area contributed by atoms with E-state index in [1.54, 1.807) is 0 Å². The number of carboxylic acid groups (broad SMARTS) is 2. The largest absolute Gasteiger partial charge is 0.481 e. The number of hydrogen-bond donors (Lipinski definition) is 2. The second-order valence-corrected chi connectivity index (χ2v) is 5.89. The van der Waals surface area contributed by atoms with Gasteiger partial charge in [0.25, 0.3) is 0 Å². The molecule has 0 aromatic carbocycles. The third kappa shape index (κ3) is 7.51. The minimum absolute atomic E-state index is 0.0396. The average molecular weight is 283 g/mol. The highest BCUT2D eigenvalue weighted by Crippen LogP contribution is 2.32. The van der Waals surface area contributed by atoms with Gasteiger partial charge in [-0.05, 0) is 24.7 Å². The molecule has 1 fully saturated rings. The van der Waals surface area contributed by atoms with Crippen LogP contribution in [-0.2, 0) is 9.59 Å². The monoisotopic (exact) mass is 283 g/mol. The molecule has 20 heavy (non-hydrogen) atoms. The molecule has 1 aliphatic carbocycles. The molecule has 0 spiro atoms. The maximum Gasteiger partial charge on any atom is 0.303 e. The summed E-state index contributed by atoms with van der Waals surface area (Å²) >= 11 is 0. The fraction of sp³-hybridized carbons (Fsp3) is 0.812. The highest BCUT2D eigenvalue weighted by atomic mass is 16.4. The molecule has 0 bridgehead atoms. The fourth-order valence-electron chi connectivity index (χ4n) is 3.10. The highest BCUT2D eigenvalue weighted by molar-refractivity contribution is 5.70. The summed E-state index contributed by atoms with van der Waals surface area (Å²) in [5, 5.41) is 18.1. The van der Waals surface area contributed by atoms with E-state index in [-0.39, 0.29) is 18.8 Å². The Balaban J connectivity index is 2.64. The van der Waals surface area contributed by atoms with Crippen molar-refractivity contribution in [3.05, 3.63) is 5.92 Å². The molecule has 1 saturated carbocycles. The predicted octanol–water partition coefficient (Wildman–Crippen LogP) is 4.04. The number of rotatable bonds is 4. The van der Waals surface area contributed by atoms with Gasteiger partial charge in [0, 0.05) is 6.42 Å². The van der Waals surface area contributed by atoms with E-state index in [0.717, 1.165) is 44.4 Å². The van der Waals surface area contributed by atoms with Crippen molar-refractivity contribution in [2.75, 3.05) is 0 Å². The molecule has 1 radical (unpaired) electrons. The first-order valence-electron chi connectivity index (χ1n) is 7.87. The lowest BCUT2D eigenvalue weighted by Crippen LogP contribution is -2.20. The van der Waals surface area contributed by atoms with Crippen LogP contribution in [0.5, 0.6) is 0 Å². The quantitative estimate of drug-likeness (QED) is 0.816. The number of aliphatic carboxylic acids is 2. The topological polar surface area (TPSA) is 74.6 Å². The Labute approximate surface area is 121 Å². The SMILES string of the molecule is O=C(O)C[C]1CCCCCCCCCCC1CC(=O)O. The molecule has 2 N–H and O–H groups in total. The van der Waals surface area contributed by atoms with E-state index >= 15 is 0 Å². The van der Waals surface area contributed by atoms with Gasteiger partial charge in [0.15, 0.2) is 0 Å². The van der Waals surface area contributed by atoms with E-state index in [2.05, 4.69) is 0 Å². The molecule has 1 rings (SSSR count). The van der Waals surface area contributed by atoms with Gasteiger partial charge in [-0.3, -0.25) is 9.59 Å². The van der Waals surface area contributed by atoms with Crippen LogP contribution in [0.25, 0.3) is 0 Å². The summed E-state index contributed by atoms with van der Waals surface area (Å²) in [4.78, 5) is 22.0. The molecule has 0 saturated heterocycles. The normalized spacial score (nSPS) is 23.5. The highest BCUT2D eigenvalue weighted by Gasteiger charge is 2.26. The molecule has 0 aromatic heterocycles. The molecule has 4 nitrogen and oxygen atoms in total. The van der Waals surface area contributed by atoms with Crippen molar-refractivity contribution >= 4 is 11.9 Å². The molecule has 0 aliphatic heterocycles. The first-order chi connectivity index (χ1) is 9.59. The molecular formula is C16H27O4. The van der Waals surface area contributed by atoms with Crippen LogP contribution in [0.15, 0.2) is 0 Å². The van der Waals surface area contributed by atoms with Crippen LogP contribution < -0.4 is 0 Å². The summed E-state index contributed by atoms with van der Waals surface area (Å²) in [6.45, 7) is 0. The van der Waals surface area contributed by atoms with Gasteiger partial charge in [-0.25, -0.2) is 0 Å². The number of carboxylic acids is 2. The summed E-state index contributed by atoms with van der Waals surface area (Å²) in [5.74, 6) is -0.754. The fourth-order valence-corrected chi connectivity index (χ4v) is 3.10. The summed E-state index contributed by atoms with van der Waals surface area (Å²) in [6.07, 6.45) is 11.0. The van der Waals surface area contributed by atoms with E-state index in [1.807, 2.05) is 0 Å². The molecule has 0 aromatic rings. The molecule has 0 amide bonds. The van der Waals surface area contributed by atoms with Gasteiger partial charge < -0.3 is 10.2 Å². The summed E-state index contributed by atoms with van der Waals surface area (Å²) in [5.41, 5.74) is 0. The molecule has 1 aliphatic rings. The maximum absolute atomic E-state index is 11.0. The minimum Gasteiger partial charge on any atom is -0.481 e. The summed E-state index contributed by atoms with van der Waals surface area (Å²) < 4.78 is 0. The maximum atomic E-state index is 11.0. The Kier molecular flexibility index (Phi) is 8.31. The van der Waals surface area contributed by atoms with Crippen molar-refractivity contribution in [1.82, 2.24) is 0 Å². The van der Waals surface area contributed by atoms with Crippen LogP contribution >= 0.6 is 0 Å².